The summed E-state index contributed by atoms with van der Waals surface area (Å²) >= 11 is 13.4. The lowest BCUT2D eigenvalue weighted by Gasteiger charge is -1.98. The predicted octanol–water partition coefficient (Wildman–Crippen LogP) is 5.43. The third-order valence-corrected chi connectivity index (χ3v) is 4.08. The number of rotatable bonds is 3. The first kappa shape index (κ1) is 12.9. The van der Waals surface area contributed by atoms with Gasteiger partial charge >= 0.3 is 0 Å². The largest absolute Gasteiger partial charge is 0.431 e. The van der Waals surface area contributed by atoms with Gasteiger partial charge in [0.15, 0.2) is 5.58 Å². The average molecular weight is 310 g/mol. The van der Waals surface area contributed by atoms with Crippen LogP contribution in [-0.2, 0) is 5.75 Å². The molecule has 0 saturated carbocycles. The SMILES string of the molecule is Clc1ccc(CSc2nc3c(Cl)cccc3o2)cc1. The van der Waals surface area contributed by atoms with Crippen molar-refractivity contribution < 1.29 is 4.42 Å². The van der Waals surface area contributed by atoms with E-state index in [4.69, 9.17) is 27.6 Å². The fraction of sp³-hybridized carbons (Fsp3) is 0.0714. The van der Waals surface area contributed by atoms with Crippen LogP contribution in [0.3, 0.4) is 0 Å². The maximum atomic E-state index is 6.06. The third kappa shape index (κ3) is 2.89. The number of para-hydroxylation sites is 1. The van der Waals surface area contributed by atoms with Crippen LogP contribution < -0.4 is 0 Å². The van der Waals surface area contributed by atoms with Crippen molar-refractivity contribution in [1.29, 1.82) is 0 Å². The van der Waals surface area contributed by atoms with Crippen molar-refractivity contribution in [2.75, 3.05) is 0 Å². The van der Waals surface area contributed by atoms with E-state index in [0.717, 1.165) is 10.8 Å². The lowest BCUT2D eigenvalue weighted by molar-refractivity contribution is 0.489. The molecule has 0 aliphatic rings. The molecule has 96 valence electrons. The zero-order valence-electron chi connectivity index (χ0n) is 9.77. The Hall–Kier alpha value is -1.16. The molecule has 5 heteroatoms. The molecule has 0 fully saturated rings. The summed E-state index contributed by atoms with van der Waals surface area (Å²) in [6, 6.07) is 13.3. The van der Waals surface area contributed by atoms with Gasteiger partial charge in [0, 0.05) is 10.8 Å². The summed E-state index contributed by atoms with van der Waals surface area (Å²) in [7, 11) is 0. The molecule has 0 bridgehead atoms. The van der Waals surface area contributed by atoms with Gasteiger partial charge < -0.3 is 4.42 Å². The molecule has 2 nitrogen and oxygen atoms in total. The van der Waals surface area contributed by atoms with Gasteiger partial charge in [-0.2, -0.15) is 0 Å². The molecular formula is C14H9Cl2NOS. The summed E-state index contributed by atoms with van der Waals surface area (Å²) in [5.41, 5.74) is 2.59. The topological polar surface area (TPSA) is 26.0 Å². The monoisotopic (exact) mass is 309 g/mol. The minimum atomic E-state index is 0.611. The number of oxazole rings is 1. The van der Waals surface area contributed by atoms with E-state index >= 15 is 0 Å². The maximum Gasteiger partial charge on any atom is 0.257 e. The van der Waals surface area contributed by atoms with Gasteiger partial charge in [-0.3, -0.25) is 0 Å². The number of hydrogen-bond donors (Lipinski definition) is 0. The highest BCUT2D eigenvalue weighted by molar-refractivity contribution is 7.98. The smallest absolute Gasteiger partial charge is 0.257 e. The van der Waals surface area contributed by atoms with E-state index in [-0.39, 0.29) is 0 Å². The molecule has 3 aromatic rings. The Kier molecular flexibility index (Phi) is 3.69. The number of aromatic nitrogens is 1. The highest BCUT2D eigenvalue weighted by Crippen LogP contribution is 2.29. The van der Waals surface area contributed by atoms with Gasteiger partial charge in [-0.05, 0) is 29.8 Å². The Balaban J connectivity index is 1.78. The van der Waals surface area contributed by atoms with Crippen LogP contribution in [0.25, 0.3) is 11.1 Å². The van der Waals surface area contributed by atoms with Crippen LogP contribution in [0.2, 0.25) is 10.0 Å². The Morgan fingerprint density at radius 1 is 1.05 bits per heavy atom. The maximum absolute atomic E-state index is 6.06. The first-order valence-electron chi connectivity index (χ1n) is 5.65. The summed E-state index contributed by atoms with van der Waals surface area (Å²) in [6.07, 6.45) is 0. The Labute approximate surface area is 124 Å². The van der Waals surface area contributed by atoms with Crippen molar-refractivity contribution in [1.82, 2.24) is 4.98 Å². The molecule has 0 spiro atoms. The van der Waals surface area contributed by atoms with E-state index in [0.29, 0.717) is 21.3 Å². The van der Waals surface area contributed by atoms with Gasteiger partial charge in [0.25, 0.3) is 5.22 Å². The fourth-order valence-electron chi connectivity index (χ4n) is 1.68. The minimum absolute atomic E-state index is 0.611. The van der Waals surface area contributed by atoms with E-state index < -0.39 is 0 Å². The highest BCUT2D eigenvalue weighted by atomic mass is 35.5. The average Bonchev–Trinajstić information content (AvgIpc) is 2.83. The zero-order valence-corrected chi connectivity index (χ0v) is 12.1. The Morgan fingerprint density at radius 2 is 1.84 bits per heavy atom. The molecule has 0 aliphatic carbocycles. The third-order valence-electron chi connectivity index (χ3n) is 2.63. The van der Waals surface area contributed by atoms with Gasteiger partial charge in [-0.15, -0.1) is 0 Å². The zero-order chi connectivity index (χ0) is 13.2. The van der Waals surface area contributed by atoms with Crippen molar-refractivity contribution >= 4 is 46.1 Å². The van der Waals surface area contributed by atoms with E-state index in [9.17, 15) is 0 Å². The molecule has 0 N–H and O–H groups in total. The molecule has 0 unspecified atom stereocenters. The normalized spacial score (nSPS) is 11.1. The molecule has 1 aromatic heterocycles. The lowest BCUT2D eigenvalue weighted by atomic mass is 10.2. The summed E-state index contributed by atoms with van der Waals surface area (Å²) in [4.78, 5) is 4.38. The highest BCUT2D eigenvalue weighted by Gasteiger charge is 2.09. The van der Waals surface area contributed by atoms with E-state index in [1.165, 1.54) is 17.3 Å². The quantitative estimate of drug-likeness (QED) is 0.604. The fourth-order valence-corrected chi connectivity index (χ4v) is 2.80. The standard InChI is InChI=1S/C14H9Cl2NOS/c15-10-6-4-9(5-7-10)8-19-14-17-13-11(16)2-1-3-12(13)18-14/h1-7H,8H2. The van der Waals surface area contributed by atoms with Crippen molar-refractivity contribution in [3.63, 3.8) is 0 Å². The molecule has 0 aliphatic heterocycles. The number of thioether (sulfide) groups is 1. The van der Waals surface area contributed by atoms with E-state index in [1.807, 2.05) is 36.4 Å². The van der Waals surface area contributed by atoms with E-state index in [1.54, 1.807) is 6.07 Å². The van der Waals surface area contributed by atoms with Crippen molar-refractivity contribution in [2.24, 2.45) is 0 Å². The second kappa shape index (κ2) is 5.45. The van der Waals surface area contributed by atoms with Gasteiger partial charge in [0.2, 0.25) is 0 Å². The van der Waals surface area contributed by atoms with Crippen molar-refractivity contribution in [3.8, 4) is 0 Å². The molecule has 0 atom stereocenters. The molecular weight excluding hydrogens is 301 g/mol. The van der Waals surface area contributed by atoms with Gasteiger partial charge in [-0.25, -0.2) is 4.98 Å². The van der Waals surface area contributed by atoms with Crippen LogP contribution in [-0.4, -0.2) is 4.98 Å². The second-order valence-electron chi connectivity index (χ2n) is 3.98. The minimum Gasteiger partial charge on any atom is -0.431 e. The first-order chi connectivity index (χ1) is 9.22. The summed E-state index contributed by atoms with van der Waals surface area (Å²) < 4.78 is 5.64. The van der Waals surface area contributed by atoms with Crippen LogP contribution in [0.5, 0.6) is 0 Å². The van der Waals surface area contributed by atoms with Gasteiger partial charge in [0.05, 0.1) is 5.02 Å². The summed E-state index contributed by atoms with van der Waals surface area (Å²) in [6.45, 7) is 0. The molecule has 2 aromatic carbocycles. The van der Waals surface area contributed by atoms with Crippen LogP contribution in [0, 0.1) is 0 Å². The van der Waals surface area contributed by atoms with Crippen LogP contribution in [0.15, 0.2) is 52.1 Å². The van der Waals surface area contributed by atoms with Gasteiger partial charge in [-0.1, -0.05) is 53.2 Å². The second-order valence-corrected chi connectivity index (χ2v) is 5.75. The molecule has 19 heavy (non-hydrogen) atoms. The molecule has 1 heterocycles. The molecule has 3 rings (SSSR count). The Bertz CT molecular complexity index is 709. The van der Waals surface area contributed by atoms with Gasteiger partial charge in [0.1, 0.15) is 5.52 Å². The molecule has 0 radical (unpaired) electrons. The number of halogens is 2. The predicted molar refractivity (Wildman–Crippen MR) is 80.0 cm³/mol. The lowest BCUT2D eigenvalue weighted by Crippen LogP contribution is -1.79. The molecule has 0 saturated heterocycles. The number of benzene rings is 2. The van der Waals surface area contributed by atoms with E-state index in [2.05, 4.69) is 4.98 Å². The van der Waals surface area contributed by atoms with Crippen LogP contribution in [0.4, 0.5) is 0 Å². The van der Waals surface area contributed by atoms with Crippen LogP contribution in [0.1, 0.15) is 5.56 Å². The molecule has 0 amide bonds. The van der Waals surface area contributed by atoms with Crippen molar-refractivity contribution in [2.45, 2.75) is 11.0 Å². The number of fused-ring (bicyclic) bond motifs is 1. The van der Waals surface area contributed by atoms with Crippen molar-refractivity contribution in [3.05, 3.63) is 58.1 Å². The summed E-state index contributed by atoms with van der Waals surface area (Å²) in [5.74, 6) is 0.779. The summed E-state index contributed by atoms with van der Waals surface area (Å²) in [5, 5.41) is 1.97. The Morgan fingerprint density at radius 3 is 2.58 bits per heavy atom. The van der Waals surface area contributed by atoms with Crippen LogP contribution >= 0.6 is 35.0 Å². The first-order valence-corrected chi connectivity index (χ1v) is 7.39. The number of nitrogens with zero attached hydrogens (tertiary/aromatic N) is 1. The number of hydrogen-bond acceptors (Lipinski definition) is 3.